The summed E-state index contributed by atoms with van der Waals surface area (Å²) in [5, 5.41) is 40.5. The van der Waals surface area contributed by atoms with Gasteiger partial charge in [0, 0.05) is 89.4 Å². The molecule has 2 unspecified atom stereocenters. The number of rotatable bonds is 24. The fourth-order valence-corrected chi connectivity index (χ4v) is 17.2. The van der Waals surface area contributed by atoms with Crippen molar-refractivity contribution in [1.82, 2.24) is 0 Å². The number of carbonyl (C=O) groups is 2. The number of methoxy groups -OCH3 is 2. The third kappa shape index (κ3) is 34.0. The van der Waals surface area contributed by atoms with E-state index in [-0.39, 0.29) is 66.1 Å². The average molecular weight is 2020 g/mol. The molecule has 6 aromatic rings. The van der Waals surface area contributed by atoms with Gasteiger partial charge in [-0.1, -0.05) is 73.9 Å². The highest BCUT2D eigenvalue weighted by Gasteiger charge is 2.44. The molecule has 147 heavy (non-hydrogen) atoms. The van der Waals surface area contributed by atoms with E-state index in [0.717, 1.165) is 96.6 Å². The Bertz CT molecular complexity index is 5640. The van der Waals surface area contributed by atoms with Crippen LogP contribution in [-0.4, -0.2) is 288 Å². The lowest BCUT2D eigenvalue weighted by molar-refractivity contribution is -0.139. The lowest BCUT2D eigenvalue weighted by Crippen LogP contribution is -2.34. The van der Waals surface area contributed by atoms with E-state index >= 15 is 0 Å². The van der Waals surface area contributed by atoms with Gasteiger partial charge in [-0.05, 0) is 180 Å². The van der Waals surface area contributed by atoms with E-state index in [1.165, 1.54) is 0 Å². The molecule has 2 atom stereocenters. The summed E-state index contributed by atoms with van der Waals surface area (Å²) in [6.45, 7) is 52.7. The normalized spacial score (nSPS) is 19.4. The lowest BCUT2D eigenvalue weighted by atomic mass is 9.88. The Morgan fingerprint density at radius 3 is 0.952 bits per heavy atom. The predicted octanol–water partition coefficient (Wildman–Crippen LogP) is 16.0. The van der Waals surface area contributed by atoms with Crippen molar-refractivity contribution >= 4 is 58.2 Å². The second-order valence-electron chi connectivity index (χ2n) is 35.7. The summed E-state index contributed by atoms with van der Waals surface area (Å²) in [7, 11) is 3.24. The molecule has 0 amide bonds. The van der Waals surface area contributed by atoms with Crippen molar-refractivity contribution in [3.63, 3.8) is 0 Å². The van der Waals surface area contributed by atoms with Gasteiger partial charge in [0.25, 0.3) is 0 Å². The quantitative estimate of drug-likeness (QED) is 0.0136. The van der Waals surface area contributed by atoms with Crippen molar-refractivity contribution in [2.45, 2.75) is 85.4 Å². The Hall–Kier alpha value is -14.1. The third-order valence-electron chi connectivity index (χ3n) is 24.9. The minimum absolute atomic E-state index is 0.0781. The minimum atomic E-state index is -1.14. The van der Waals surface area contributed by atoms with Gasteiger partial charge >= 0.3 is 23.3 Å². The summed E-state index contributed by atoms with van der Waals surface area (Å²) in [6.07, 6.45) is 9.67. The number of nitrogens with zero attached hydrogens (tertiary/aromatic N) is 12. The van der Waals surface area contributed by atoms with Gasteiger partial charge in [-0.3, -0.25) is 0 Å². The molecule has 0 aromatic heterocycles. The number of carbonyl (C=O) groups excluding carboxylic acids is 2. The topological polar surface area (TPSA) is 342 Å². The molecule has 4 bridgehead atoms. The van der Waals surface area contributed by atoms with Crippen LogP contribution in [0.2, 0.25) is 0 Å². The first-order valence-electron chi connectivity index (χ1n) is 49.9. The molecule has 6 aromatic carbocycles. The summed E-state index contributed by atoms with van der Waals surface area (Å²) < 4.78 is 123. The van der Waals surface area contributed by atoms with Gasteiger partial charge in [0.1, 0.15) is 97.5 Å². The Labute approximate surface area is 864 Å². The molecule has 2 saturated heterocycles. The van der Waals surface area contributed by atoms with Gasteiger partial charge in [-0.25, -0.2) is 29.8 Å². The van der Waals surface area contributed by atoms with Crippen LogP contribution in [0.5, 0.6) is 34.5 Å². The van der Waals surface area contributed by atoms with Crippen LogP contribution in [0.25, 0.3) is 21.8 Å². The van der Waals surface area contributed by atoms with Gasteiger partial charge in [0.05, 0.1) is 229 Å². The molecule has 8 heterocycles. The molecular weight excluding hydrogens is 1880 g/mol. The van der Waals surface area contributed by atoms with Crippen LogP contribution in [0, 0.1) is 86.2 Å². The summed E-state index contributed by atoms with van der Waals surface area (Å²) in [5.74, 6) is 2.88. The molecule has 0 radical (unpaired) electrons. The highest BCUT2D eigenvalue weighted by molar-refractivity contribution is 5.87. The summed E-state index contributed by atoms with van der Waals surface area (Å²) in [6, 6.07) is 44.7. The van der Waals surface area contributed by atoms with Crippen LogP contribution >= 0.6 is 0 Å². The second kappa shape index (κ2) is 60.1. The van der Waals surface area contributed by atoms with E-state index in [1.807, 2.05) is 88.4 Å². The number of hydrogen-bond donors (Lipinski definition) is 0. The minimum Gasteiger partial charge on any atom is -0.492 e. The first-order chi connectivity index (χ1) is 71.6. The Morgan fingerprint density at radius 1 is 0.395 bits per heavy atom. The summed E-state index contributed by atoms with van der Waals surface area (Å²) >= 11 is 0. The molecule has 8 aliphatic heterocycles. The van der Waals surface area contributed by atoms with Gasteiger partial charge in [-0.15, -0.1) is 0 Å². The van der Waals surface area contributed by atoms with Crippen molar-refractivity contribution in [2.75, 3.05) is 294 Å². The Morgan fingerprint density at radius 2 is 0.680 bits per heavy atom. The smallest absolute Gasteiger partial charge is 0.333 e. The van der Waals surface area contributed by atoms with E-state index in [9.17, 15) is 30.6 Å². The molecular formula is C113H138N12O22. The summed E-state index contributed by atoms with van der Waals surface area (Å²) in [5.41, 5.74) is 9.48. The zero-order chi connectivity index (χ0) is 105. The van der Waals surface area contributed by atoms with Crippen molar-refractivity contribution in [1.29, 1.82) is 21.0 Å². The zero-order valence-electron chi connectivity index (χ0n) is 86.2. The number of nitriles is 4. The molecule has 8 aliphatic rings. The number of anilines is 6. The fraction of sp³-hybridized carbons (Fsp3) is 0.469. The molecule has 0 spiro atoms. The standard InChI is InChI=1S/C57H70N6O11.C56H68N6O11/c1-42(2)56(64)73-24-8-17-57(5)47(46(40-58)55(74-57)48(41-59)60-6)13-11-45-12-16-51(54(39-45)72-36-31-65-7)63-22-29-70-52-37-43(3)9-14-49(52)61-18-25-66-32-34-68-27-20-62(21-28-69-35-33-67-26-19-61)50-15-10-44(4)38-53(50)71-30-23-63;1-7-54(63)72-24-8-17-56(4)46(45(40-57)55(73-56)47(41-58)59-5)13-11-44-12-16-50(53(39-44)71-36-31-64-6)62-22-29-69-51-37-42(2)9-14-48(51)60-18-25-65-32-34-67-27-20-61(21-28-68-35-33-66-26-19-60)49-15-10-43(3)38-52(49)70-30-23-62/h9-16,37-39H,1,8,17-36H2,2-5,7H3;7,9-16,37-39H,1,8,17-36H2,2-4,6H3/b13-11+,55-48-;13-11+,55-47-. The van der Waals surface area contributed by atoms with E-state index in [4.69, 9.17) is 108 Å². The molecule has 782 valence electrons. The van der Waals surface area contributed by atoms with Crippen LogP contribution in [0.4, 0.5) is 34.1 Å². The van der Waals surface area contributed by atoms with Crippen LogP contribution < -0.4 is 57.8 Å². The SMILES string of the molecule is [C-]#[N+]/C(C#N)=C1\OC(C)(CCCOC(=O)C(=C)C)C(/C=C/c2ccc(N3CCOc4cc(C)ccc4N4CCOCCOCCN(CCOCCOCC4)c4ccc(C)cc4OCC3)c(OCCOC)c2)=C1C#N.[C-]#[N+]/C(C#N)=C1\OC(C)(CCCOC(=O)C=C)C(/C=C/c2ccc(N3CCOc4cc(C)ccc4N4CCOCCOCCN(CCOCCOCC4)c4ccc(C)cc4OCC3)c(OCCOC)c2)=C1C#N. The number of esters is 2. The summed E-state index contributed by atoms with van der Waals surface area (Å²) in [4.78, 5) is 43.9. The number of ether oxygens (including phenoxy) is 20. The van der Waals surface area contributed by atoms with Gasteiger partial charge < -0.3 is 124 Å². The van der Waals surface area contributed by atoms with Crippen LogP contribution in [0.3, 0.4) is 0 Å². The highest BCUT2D eigenvalue weighted by atomic mass is 16.6. The monoisotopic (exact) mass is 2020 g/mol. The highest BCUT2D eigenvalue weighted by Crippen LogP contribution is 2.47. The van der Waals surface area contributed by atoms with E-state index in [2.05, 4.69) is 137 Å². The molecule has 14 rings (SSSR count). The van der Waals surface area contributed by atoms with Crippen LogP contribution in [-0.2, 0) is 75.9 Å². The van der Waals surface area contributed by atoms with Gasteiger partial charge in [-0.2, -0.15) is 10.5 Å². The maximum atomic E-state index is 12.1. The number of hydrogen-bond acceptors (Lipinski definition) is 32. The number of benzene rings is 6. The van der Waals surface area contributed by atoms with Gasteiger partial charge in [0.15, 0.2) is 11.5 Å². The number of allylic oxidation sites excluding steroid dienone is 4. The molecule has 0 aliphatic carbocycles. The van der Waals surface area contributed by atoms with Crippen molar-refractivity contribution < 1.29 is 104 Å². The van der Waals surface area contributed by atoms with Crippen LogP contribution in [0.15, 0.2) is 191 Å². The fourth-order valence-electron chi connectivity index (χ4n) is 17.2. The van der Waals surface area contributed by atoms with Crippen molar-refractivity contribution in [3.8, 4) is 58.8 Å². The predicted molar refractivity (Wildman–Crippen MR) is 560 cm³/mol. The molecule has 34 heteroatoms. The van der Waals surface area contributed by atoms with Gasteiger partial charge in [0.2, 0.25) is 0 Å². The van der Waals surface area contributed by atoms with Crippen molar-refractivity contribution in [2.24, 2.45) is 0 Å². The number of aryl methyl sites for hydroxylation is 4. The Balaban J connectivity index is 0.000000279. The van der Waals surface area contributed by atoms with E-state index in [0.29, 0.717) is 272 Å². The van der Waals surface area contributed by atoms with Crippen LogP contribution in [0.1, 0.15) is 79.8 Å². The maximum Gasteiger partial charge on any atom is 0.333 e. The third-order valence-corrected chi connectivity index (χ3v) is 24.9. The maximum absolute atomic E-state index is 12.1. The average Bonchev–Trinajstić information content (AvgIpc) is 1.62. The lowest BCUT2D eigenvalue weighted by Gasteiger charge is -2.30. The van der Waals surface area contributed by atoms with E-state index < -0.39 is 23.1 Å². The second-order valence-corrected chi connectivity index (χ2v) is 35.7. The molecule has 0 saturated carbocycles. The zero-order valence-corrected chi connectivity index (χ0v) is 86.2. The largest absolute Gasteiger partial charge is 0.492 e. The van der Waals surface area contributed by atoms with Crippen molar-refractivity contribution in [3.05, 3.63) is 248 Å². The first-order valence-corrected chi connectivity index (χ1v) is 49.9. The first kappa shape index (κ1) is 113. The molecule has 0 N–H and O–H groups in total. The number of fused-ring (bicyclic) bond motifs is 40. The molecule has 2 fully saturated rings. The van der Waals surface area contributed by atoms with E-state index in [1.54, 1.807) is 47.1 Å². The Kier molecular flexibility index (Phi) is 46.3. The molecule has 34 nitrogen and oxygen atoms in total.